The molecule has 19 heteroatoms. The number of aromatic hydroxyl groups is 1. The molecule has 0 radical (unpaired) electrons. The second kappa shape index (κ2) is 32.9. The number of phenols is 1. The van der Waals surface area contributed by atoms with E-state index < -0.39 is 43.7 Å². The molecule has 8 rings (SSSR count). The number of carbonyl (C=O) groups is 4. The number of alkyl halides is 2. The Hall–Kier alpha value is -7.19. The van der Waals surface area contributed by atoms with E-state index in [1.54, 1.807) is 37.3 Å². The Morgan fingerprint density at radius 3 is 1.50 bits per heavy atom. The van der Waals surface area contributed by atoms with Gasteiger partial charge in [0, 0.05) is 6.07 Å². The third kappa shape index (κ3) is 21.5. The highest BCUT2D eigenvalue weighted by atomic mass is 32.2. The minimum absolute atomic E-state index is 0.0146. The fraction of sp³-hybridized carbons (Fsp3) is 0.406. The van der Waals surface area contributed by atoms with Crippen molar-refractivity contribution in [3.05, 3.63) is 179 Å². The number of phenolic OH excluding ortho intramolecular Hbond substituents is 1. The van der Waals surface area contributed by atoms with Crippen LogP contribution in [0.1, 0.15) is 152 Å². The molecule has 0 spiro atoms. The van der Waals surface area contributed by atoms with Gasteiger partial charge in [0.1, 0.15) is 23.4 Å². The number of hydrogen-bond acceptors (Lipinski definition) is 15. The number of benzene rings is 6. The third-order valence-electron chi connectivity index (χ3n) is 15.1. The number of carbonyl (C=O) groups excluding carboxylic acids is 4. The van der Waals surface area contributed by atoms with Crippen LogP contribution in [0.2, 0.25) is 0 Å². The zero-order valence-electron chi connectivity index (χ0n) is 52.6. The van der Waals surface area contributed by atoms with Crippen molar-refractivity contribution in [2.45, 2.75) is 174 Å². The summed E-state index contributed by atoms with van der Waals surface area (Å²) in [7, 11) is -5.87. The molecule has 6 aromatic carbocycles. The van der Waals surface area contributed by atoms with E-state index in [0.29, 0.717) is 36.8 Å². The van der Waals surface area contributed by atoms with E-state index in [4.69, 9.17) is 23.7 Å². The van der Waals surface area contributed by atoms with E-state index in [1.807, 2.05) is 68.4 Å². The molecular weight excluding hydrogens is 1190 g/mol. The molecule has 1 aliphatic rings. The van der Waals surface area contributed by atoms with Crippen molar-refractivity contribution >= 4 is 66.5 Å². The van der Waals surface area contributed by atoms with Crippen LogP contribution in [0.15, 0.2) is 182 Å². The van der Waals surface area contributed by atoms with Crippen molar-refractivity contribution in [2.24, 2.45) is 21.7 Å². The minimum atomic E-state index is -5.86. The lowest BCUT2D eigenvalue weighted by Gasteiger charge is -2.29. The van der Waals surface area contributed by atoms with Crippen LogP contribution in [-0.4, -0.2) is 53.3 Å². The van der Waals surface area contributed by atoms with Crippen molar-refractivity contribution in [3.8, 4) is 17.2 Å². The summed E-state index contributed by atoms with van der Waals surface area (Å²) in [5.41, 5.74) is 0.595. The van der Waals surface area contributed by atoms with E-state index in [9.17, 15) is 45.7 Å². The number of esters is 4. The molecule has 1 aliphatic carbocycles. The predicted octanol–water partition coefficient (Wildman–Crippen LogP) is 16.6. The van der Waals surface area contributed by atoms with Gasteiger partial charge in [0.25, 0.3) is 0 Å². The van der Waals surface area contributed by atoms with E-state index in [1.165, 1.54) is 58.2 Å². The van der Waals surface area contributed by atoms with E-state index in [2.05, 4.69) is 114 Å². The van der Waals surface area contributed by atoms with Gasteiger partial charge in [-0.05, 0) is 198 Å². The fourth-order valence-corrected chi connectivity index (χ4v) is 10.7. The summed E-state index contributed by atoms with van der Waals surface area (Å²) in [5, 5.41) is 4.42. The molecular formula is C69H84F2O14S3. The van der Waals surface area contributed by atoms with Gasteiger partial charge in [0.05, 0.1) is 37.3 Å². The molecule has 1 aromatic heterocycles. The second-order valence-electron chi connectivity index (χ2n) is 23.4. The lowest BCUT2D eigenvalue weighted by Crippen LogP contribution is -2.44. The van der Waals surface area contributed by atoms with Crippen molar-refractivity contribution in [2.75, 3.05) is 0 Å². The Kier molecular flexibility index (Phi) is 27.4. The number of aryl methyl sites for hydroxylation is 1. The van der Waals surface area contributed by atoms with Gasteiger partial charge in [-0.15, -0.1) is 0 Å². The van der Waals surface area contributed by atoms with Crippen LogP contribution >= 0.6 is 11.3 Å². The van der Waals surface area contributed by atoms with Crippen molar-refractivity contribution < 1.29 is 69.4 Å². The average molecular weight is 1270 g/mol. The molecule has 0 fully saturated rings. The van der Waals surface area contributed by atoms with Crippen LogP contribution in [0.5, 0.6) is 17.2 Å². The first-order valence-corrected chi connectivity index (χ1v) is 32.7. The van der Waals surface area contributed by atoms with Crippen LogP contribution in [-0.2, 0) is 56.1 Å². The standard InChI is InChI=1S/C18H15S.C17H24O2.C13H14O4S.C12H16O3.C9H16F2O5S/c1-4-10-16(11-5-1)19(17-12-6-2-7-13-17)18-14-8-3-9-15-18;1-4-17(2,3)16(18)19-15-12-8-6-10-13-9-5-7-11-14(13)15;1-4-13(2,3)11(14)16-8-5-6-10-9(7-8)17-12(15)18-10;1-4-12(2,3)11(14)15-10-7-5-9(13)6-8-10;1-5-8(3,4)7(12)16-6(2)9(10,11)17(13,14)15/h1-15H;5,7,9,11,15H,4,6,8,10,12H2,1-3H3;5-7H,4H2,1-3H3;5-8,13H,4H2,1-3H3;6H,5H2,1-4H3,(H,13,14,15)/q+1;;;;/p-1. The maximum atomic E-state index is 13.0. The summed E-state index contributed by atoms with van der Waals surface area (Å²) in [6, 6.07) is 51.6. The summed E-state index contributed by atoms with van der Waals surface area (Å²) in [4.78, 5) is 62.0. The van der Waals surface area contributed by atoms with Gasteiger partial charge >= 0.3 is 34.1 Å². The van der Waals surface area contributed by atoms with Crippen LogP contribution < -0.4 is 14.4 Å². The van der Waals surface area contributed by atoms with E-state index in [0.717, 1.165) is 48.1 Å². The normalized spacial score (nSPS) is 13.8. The SMILES string of the molecule is CCC(C)(C)C(=O)OC(C)C(F)(F)S(=O)(=O)[O-].CCC(C)(C)C(=O)OC1CCCCc2ccccc21.CCC(C)(C)C(=O)Oc1ccc(O)cc1.CCC(C)(C)C(=O)Oc1ccc2sc(=O)oc2c1.c1ccc([S+](c2ccccc2)c2ccccc2)cc1. The Morgan fingerprint density at radius 1 is 0.614 bits per heavy atom. The molecule has 7 aromatic rings. The maximum Gasteiger partial charge on any atom is 0.396 e. The molecule has 0 saturated heterocycles. The zero-order chi connectivity index (χ0) is 65.7. The molecule has 1 N–H and O–H groups in total. The van der Waals surface area contributed by atoms with Gasteiger partial charge in [-0.3, -0.25) is 19.2 Å². The summed E-state index contributed by atoms with van der Waals surface area (Å²) >= 11 is 1.03. The van der Waals surface area contributed by atoms with Gasteiger partial charge in [0.15, 0.2) is 36.5 Å². The lowest BCUT2D eigenvalue weighted by molar-refractivity contribution is -0.170. The van der Waals surface area contributed by atoms with Crippen molar-refractivity contribution in [3.63, 3.8) is 0 Å². The molecule has 0 aliphatic heterocycles. The molecule has 0 saturated carbocycles. The Labute approximate surface area is 524 Å². The van der Waals surface area contributed by atoms with Crippen molar-refractivity contribution in [1.29, 1.82) is 0 Å². The molecule has 88 heavy (non-hydrogen) atoms. The first-order valence-electron chi connectivity index (χ1n) is 29.2. The average Bonchev–Trinajstić information content (AvgIpc) is 2.97. The van der Waals surface area contributed by atoms with Crippen LogP contribution in [0.25, 0.3) is 10.3 Å². The number of fused-ring (bicyclic) bond motifs is 2. The monoisotopic (exact) mass is 1270 g/mol. The van der Waals surface area contributed by atoms with E-state index >= 15 is 0 Å². The van der Waals surface area contributed by atoms with E-state index in [-0.39, 0.29) is 51.0 Å². The molecule has 0 bridgehead atoms. The van der Waals surface area contributed by atoms with Gasteiger partial charge in [-0.25, -0.2) is 13.2 Å². The van der Waals surface area contributed by atoms with Crippen molar-refractivity contribution in [1.82, 2.24) is 0 Å². The van der Waals surface area contributed by atoms with Crippen LogP contribution in [0.3, 0.4) is 0 Å². The van der Waals surface area contributed by atoms with Crippen LogP contribution in [0, 0.1) is 21.7 Å². The van der Waals surface area contributed by atoms with Crippen LogP contribution in [0.4, 0.5) is 8.78 Å². The number of hydrogen-bond donors (Lipinski definition) is 1. The maximum absolute atomic E-state index is 13.0. The van der Waals surface area contributed by atoms with Gasteiger partial charge in [-0.2, -0.15) is 8.78 Å². The summed E-state index contributed by atoms with van der Waals surface area (Å²) < 4.78 is 83.2. The second-order valence-corrected chi connectivity index (χ2v) is 27.9. The highest BCUT2D eigenvalue weighted by Crippen LogP contribution is 2.36. The van der Waals surface area contributed by atoms with Gasteiger partial charge in [0.2, 0.25) is 0 Å². The quantitative estimate of drug-likeness (QED) is 0.0295. The predicted molar refractivity (Wildman–Crippen MR) is 341 cm³/mol. The topological polar surface area (TPSA) is 213 Å². The Balaban J connectivity index is 0.000000236. The number of halogens is 2. The summed E-state index contributed by atoms with van der Waals surface area (Å²) in [6.07, 6.45) is 4.53. The zero-order valence-corrected chi connectivity index (χ0v) is 55.0. The first kappa shape index (κ1) is 73.3. The minimum Gasteiger partial charge on any atom is -0.743 e. The number of rotatable bonds is 17. The smallest absolute Gasteiger partial charge is 0.396 e. The van der Waals surface area contributed by atoms with Gasteiger partial charge in [-0.1, -0.05) is 118 Å². The molecule has 2 atom stereocenters. The molecule has 1 heterocycles. The highest BCUT2D eigenvalue weighted by molar-refractivity contribution is 7.97. The molecule has 14 nitrogen and oxygen atoms in total. The molecule has 0 amide bonds. The summed E-state index contributed by atoms with van der Waals surface area (Å²) in [5.74, 6) is -0.579. The Morgan fingerprint density at radius 2 is 1.03 bits per heavy atom. The fourth-order valence-electron chi connectivity index (χ4n) is 7.46. The third-order valence-corrected chi connectivity index (χ3v) is 19.2. The highest BCUT2D eigenvalue weighted by Gasteiger charge is 2.48. The van der Waals surface area contributed by atoms with Gasteiger partial charge < -0.3 is 33.0 Å². The summed E-state index contributed by atoms with van der Waals surface area (Å²) in [6.45, 7) is 22.4. The number of ether oxygens (including phenoxy) is 4. The lowest BCUT2D eigenvalue weighted by atomic mass is 9.90. The Bertz CT molecular complexity index is 3420. The largest absolute Gasteiger partial charge is 0.743 e. The molecule has 476 valence electrons. The molecule has 2 unspecified atom stereocenters. The first-order chi connectivity index (χ1) is 41.2.